The molecular weight excluding hydrogens is 469 g/mol. The average molecular weight is 492 g/mol. The highest BCUT2D eigenvalue weighted by Crippen LogP contribution is 2.38. The Morgan fingerprint density at radius 2 is 1.76 bits per heavy atom. The van der Waals surface area contributed by atoms with E-state index in [1.54, 1.807) is 0 Å². The van der Waals surface area contributed by atoms with Crippen molar-refractivity contribution in [1.29, 1.82) is 0 Å². The minimum Gasteiger partial charge on any atom is -0.459 e. The number of benzene rings is 2. The number of hydrogen-bond donors (Lipinski definition) is 0. The van der Waals surface area contributed by atoms with Gasteiger partial charge in [0.2, 0.25) is 0 Å². The van der Waals surface area contributed by atoms with Crippen molar-refractivity contribution in [2.24, 2.45) is 5.92 Å². The molecule has 2 aromatic carbocycles. The number of alkyl halides is 4. The lowest BCUT2D eigenvalue weighted by Crippen LogP contribution is -2.24. The molecule has 0 aromatic heterocycles. The van der Waals surface area contributed by atoms with Gasteiger partial charge in [0.15, 0.2) is 17.4 Å². The molecule has 1 aliphatic heterocycles. The quantitative estimate of drug-likeness (QED) is 0.266. The number of allylic oxidation sites excluding steroid dienone is 1. The molecule has 2 aromatic rings. The first-order valence-corrected chi connectivity index (χ1v) is 10.7. The molecular formula is C24H23F7O3. The predicted octanol–water partition coefficient (Wildman–Crippen LogP) is 7.66. The van der Waals surface area contributed by atoms with Crippen LogP contribution in [0.3, 0.4) is 0 Å². The minimum absolute atomic E-state index is 0.228. The Morgan fingerprint density at radius 1 is 1.06 bits per heavy atom. The maximum absolute atomic E-state index is 14.6. The Balaban J connectivity index is 1.72. The second kappa shape index (κ2) is 11.1. The maximum atomic E-state index is 14.6. The fraction of sp³-hybridized carbons (Fsp3) is 0.417. The van der Waals surface area contributed by atoms with Crippen molar-refractivity contribution >= 4 is 0 Å². The van der Waals surface area contributed by atoms with E-state index in [0.717, 1.165) is 31.4 Å². The molecule has 2 unspecified atom stereocenters. The van der Waals surface area contributed by atoms with Crippen LogP contribution in [0.4, 0.5) is 30.7 Å². The molecule has 1 fully saturated rings. The van der Waals surface area contributed by atoms with E-state index in [1.807, 2.05) is 0 Å². The zero-order valence-electron chi connectivity index (χ0n) is 18.2. The first-order chi connectivity index (χ1) is 16.1. The Labute approximate surface area is 192 Å². The first kappa shape index (κ1) is 25.9. The number of hydrogen-bond acceptors (Lipinski definition) is 3. The van der Waals surface area contributed by atoms with Crippen molar-refractivity contribution in [2.45, 2.75) is 51.2 Å². The average Bonchev–Trinajstić information content (AvgIpc) is 2.75. The lowest BCUT2D eigenvalue weighted by Gasteiger charge is -2.29. The largest absolute Gasteiger partial charge is 0.459 e. The van der Waals surface area contributed by atoms with Crippen LogP contribution in [0.25, 0.3) is 0 Å². The van der Waals surface area contributed by atoms with Gasteiger partial charge in [0.1, 0.15) is 11.6 Å². The predicted molar refractivity (Wildman–Crippen MR) is 109 cm³/mol. The third kappa shape index (κ3) is 6.43. The second-order valence-electron chi connectivity index (χ2n) is 7.91. The zero-order chi connectivity index (χ0) is 24.9. The van der Waals surface area contributed by atoms with Gasteiger partial charge in [-0.1, -0.05) is 19.4 Å². The first-order valence-electron chi connectivity index (χ1n) is 10.7. The standard InChI is InChI=1S/C24H23F7O3/c1-2-3-14-4-7-21(33-13-14)15-5-6-17(18(25)10-15)24(30,31)34-16-11-19(26)23(20(27)12-16)32-9-8-22(28)29/h5-6,8-12,14,21-22H,2-4,7,13H2,1H3. The van der Waals surface area contributed by atoms with Crippen LogP contribution in [-0.2, 0) is 10.8 Å². The molecule has 34 heavy (non-hydrogen) atoms. The normalized spacial score (nSPS) is 19.1. The van der Waals surface area contributed by atoms with E-state index in [-0.39, 0.29) is 6.08 Å². The molecule has 3 rings (SSSR count). The van der Waals surface area contributed by atoms with Crippen LogP contribution in [0.5, 0.6) is 11.5 Å². The SMILES string of the molecule is CCCC1CCC(c2ccc(C(F)(F)Oc3cc(F)c(OC=CC(F)F)c(F)c3)c(F)c2)OC1. The molecule has 186 valence electrons. The van der Waals surface area contributed by atoms with Crippen LogP contribution in [0, 0.1) is 23.4 Å². The van der Waals surface area contributed by atoms with Gasteiger partial charge in [-0.25, -0.2) is 22.0 Å². The van der Waals surface area contributed by atoms with Crippen molar-refractivity contribution in [3.05, 3.63) is 71.2 Å². The van der Waals surface area contributed by atoms with Gasteiger partial charge in [-0.05, 0) is 42.9 Å². The Kier molecular flexibility index (Phi) is 8.46. The van der Waals surface area contributed by atoms with Crippen molar-refractivity contribution < 1.29 is 44.9 Å². The van der Waals surface area contributed by atoms with Crippen molar-refractivity contribution in [1.82, 2.24) is 0 Å². The van der Waals surface area contributed by atoms with Gasteiger partial charge in [0.05, 0.1) is 24.5 Å². The van der Waals surface area contributed by atoms with Gasteiger partial charge >= 0.3 is 6.11 Å². The topological polar surface area (TPSA) is 27.7 Å². The number of rotatable bonds is 9. The Morgan fingerprint density at radius 3 is 2.32 bits per heavy atom. The van der Waals surface area contributed by atoms with Gasteiger partial charge in [-0.2, -0.15) is 8.78 Å². The third-order valence-corrected chi connectivity index (χ3v) is 5.37. The summed E-state index contributed by atoms with van der Waals surface area (Å²) in [5.41, 5.74) is -0.723. The highest BCUT2D eigenvalue weighted by atomic mass is 19.3. The van der Waals surface area contributed by atoms with Crippen molar-refractivity contribution in [3.8, 4) is 11.5 Å². The fourth-order valence-electron chi connectivity index (χ4n) is 3.75. The van der Waals surface area contributed by atoms with Gasteiger partial charge in [-0.3, -0.25) is 0 Å². The molecule has 0 aliphatic carbocycles. The van der Waals surface area contributed by atoms with E-state index in [1.165, 1.54) is 6.07 Å². The molecule has 1 saturated heterocycles. The molecule has 0 spiro atoms. The van der Waals surface area contributed by atoms with E-state index < -0.39 is 53.2 Å². The summed E-state index contributed by atoms with van der Waals surface area (Å²) in [6.07, 6.45) is -3.45. The van der Waals surface area contributed by atoms with Crippen LogP contribution >= 0.6 is 0 Å². The van der Waals surface area contributed by atoms with Crippen LogP contribution in [-0.4, -0.2) is 13.0 Å². The van der Waals surface area contributed by atoms with Crippen molar-refractivity contribution in [2.75, 3.05) is 6.61 Å². The van der Waals surface area contributed by atoms with Gasteiger partial charge < -0.3 is 14.2 Å². The highest BCUT2D eigenvalue weighted by molar-refractivity contribution is 5.36. The van der Waals surface area contributed by atoms with Crippen molar-refractivity contribution in [3.63, 3.8) is 0 Å². The molecule has 0 radical (unpaired) electrons. The molecule has 0 amide bonds. The molecule has 0 N–H and O–H groups in total. The molecule has 0 bridgehead atoms. The van der Waals surface area contributed by atoms with Gasteiger partial charge in [0, 0.05) is 18.2 Å². The van der Waals surface area contributed by atoms with Crippen LogP contribution in [0.15, 0.2) is 42.7 Å². The highest BCUT2D eigenvalue weighted by Gasteiger charge is 2.38. The summed E-state index contributed by atoms with van der Waals surface area (Å²) < 4.78 is 111. The Hall–Kier alpha value is -2.75. The molecule has 2 atom stereocenters. The third-order valence-electron chi connectivity index (χ3n) is 5.37. The lowest BCUT2D eigenvalue weighted by molar-refractivity contribution is -0.187. The molecule has 1 heterocycles. The summed E-state index contributed by atoms with van der Waals surface area (Å²) >= 11 is 0. The van der Waals surface area contributed by atoms with E-state index in [0.29, 0.717) is 42.9 Å². The van der Waals surface area contributed by atoms with Crippen LogP contribution in [0.1, 0.15) is 49.8 Å². The van der Waals surface area contributed by atoms with Crippen LogP contribution < -0.4 is 9.47 Å². The van der Waals surface area contributed by atoms with E-state index in [4.69, 9.17) is 4.74 Å². The summed E-state index contributed by atoms with van der Waals surface area (Å²) in [4.78, 5) is 0. The fourth-order valence-corrected chi connectivity index (χ4v) is 3.75. The summed E-state index contributed by atoms with van der Waals surface area (Å²) in [7, 11) is 0. The monoisotopic (exact) mass is 492 g/mol. The second-order valence-corrected chi connectivity index (χ2v) is 7.91. The lowest BCUT2D eigenvalue weighted by atomic mass is 9.91. The number of halogens is 7. The maximum Gasteiger partial charge on any atom is 0.429 e. The van der Waals surface area contributed by atoms with E-state index in [9.17, 15) is 30.7 Å². The smallest absolute Gasteiger partial charge is 0.429 e. The molecule has 10 heteroatoms. The zero-order valence-corrected chi connectivity index (χ0v) is 18.2. The summed E-state index contributed by atoms with van der Waals surface area (Å²) in [5.74, 6) is -5.84. The summed E-state index contributed by atoms with van der Waals surface area (Å²) in [6.45, 7) is 2.58. The molecule has 3 nitrogen and oxygen atoms in total. The Bertz CT molecular complexity index is 979. The summed E-state index contributed by atoms with van der Waals surface area (Å²) in [6, 6.07) is 3.82. The number of ether oxygens (including phenoxy) is 3. The molecule has 0 saturated carbocycles. The van der Waals surface area contributed by atoms with E-state index >= 15 is 0 Å². The van der Waals surface area contributed by atoms with Gasteiger partial charge in [-0.15, -0.1) is 0 Å². The van der Waals surface area contributed by atoms with Gasteiger partial charge in [0.25, 0.3) is 6.43 Å². The van der Waals surface area contributed by atoms with E-state index in [2.05, 4.69) is 16.4 Å². The summed E-state index contributed by atoms with van der Waals surface area (Å²) in [5, 5.41) is 0. The minimum atomic E-state index is -4.26. The van der Waals surface area contributed by atoms with Crippen LogP contribution in [0.2, 0.25) is 0 Å². The molecule has 1 aliphatic rings.